The molecule has 0 fully saturated rings. The lowest BCUT2D eigenvalue weighted by molar-refractivity contribution is 0.0690. The van der Waals surface area contributed by atoms with Gasteiger partial charge in [0.05, 0.1) is 17.8 Å². The molecule has 1 heterocycles. The van der Waals surface area contributed by atoms with Crippen LogP contribution < -0.4 is 5.32 Å². The minimum atomic E-state index is -1.51. The fraction of sp³-hybridized carbons (Fsp3) is 0.167. The number of nitrogens with zero attached hydrogens (tertiary/aromatic N) is 2. The lowest BCUT2D eigenvalue weighted by atomic mass is 10.2. The minimum Gasteiger partial charge on any atom is -0.478 e. The summed E-state index contributed by atoms with van der Waals surface area (Å²) in [4.78, 5) is 14.7. The summed E-state index contributed by atoms with van der Waals surface area (Å²) < 4.78 is 28.8. The molecule has 7 heteroatoms. The van der Waals surface area contributed by atoms with Crippen LogP contribution in [0.2, 0.25) is 0 Å². The third-order valence-corrected chi connectivity index (χ3v) is 2.67. The smallest absolute Gasteiger partial charge is 0.338 e. The Labute approximate surface area is 107 Å². The lowest BCUT2D eigenvalue weighted by Crippen LogP contribution is -2.09. The van der Waals surface area contributed by atoms with Crippen molar-refractivity contribution in [2.75, 3.05) is 5.32 Å². The van der Waals surface area contributed by atoms with Crippen LogP contribution >= 0.6 is 0 Å². The van der Waals surface area contributed by atoms with Crippen molar-refractivity contribution < 1.29 is 18.7 Å². The molecule has 0 bridgehead atoms. The molecule has 100 valence electrons. The third kappa shape index (κ3) is 2.54. The highest BCUT2D eigenvalue weighted by atomic mass is 19.2. The second kappa shape index (κ2) is 5.05. The molecule has 2 aromatic rings. The standard InChI is InChI=1S/C12H11F2N3O2/c1-17-5-4-15-9(17)6-16-8-3-2-7(12(18)19)10(13)11(8)14/h2-5,16H,6H2,1H3,(H,18,19). The normalized spacial score (nSPS) is 10.5. The highest BCUT2D eigenvalue weighted by Gasteiger charge is 2.17. The van der Waals surface area contributed by atoms with Crippen LogP contribution in [-0.2, 0) is 13.6 Å². The van der Waals surface area contributed by atoms with Gasteiger partial charge in [0.25, 0.3) is 0 Å². The maximum absolute atomic E-state index is 13.6. The number of anilines is 1. The fourth-order valence-corrected chi connectivity index (χ4v) is 1.59. The molecule has 0 spiro atoms. The topological polar surface area (TPSA) is 67.2 Å². The molecule has 0 aliphatic rings. The first-order valence-electron chi connectivity index (χ1n) is 5.42. The van der Waals surface area contributed by atoms with Gasteiger partial charge in [-0.15, -0.1) is 0 Å². The number of benzene rings is 1. The van der Waals surface area contributed by atoms with Crippen molar-refractivity contribution in [2.24, 2.45) is 7.05 Å². The Morgan fingerprint density at radius 3 is 2.74 bits per heavy atom. The first-order chi connectivity index (χ1) is 9.00. The number of carboxylic acids is 1. The highest BCUT2D eigenvalue weighted by Crippen LogP contribution is 2.21. The number of imidazole rings is 1. The summed E-state index contributed by atoms with van der Waals surface area (Å²) in [5, 5.41) is 11.3. The predicted molar refractivity (Wildman–Crippen MR) is 63.9 cm³/mol. The van der Waals surface area contributed by atoms with Crippen LogP contribution in [0.1, 0.15) is 16.2 Å². The molecule has 0 aliphatic heterocycles. The third-order valence-electron chi connectivity index (χ3n) is 2.67. The van der Waals surface area contributed by atoms with Gasteiger partial charge in [-0.1, -0.05) is 0 Å². The van der Waals surface area contributed by atoms with Gasteiger partial charge in [-0.3, -0.25) is 0 Å². The van der Waals surface area contributed by atoms with Gasteiger partial charge in [0.15, 0.2) is 11.6 Å². The summed E-state index contributed by atoms with van der Waals surface area (Å²) in [5.74, 6) is -3.46. The molecule has 19 heavy (non-hydrogen) atoms. The molecular weight excluding hydrogens is 256 g/mol. The molecule has 0 unspecified atom stereocenters. The maximum Gasteiger partial charge on any atom is 0.338 e. The average Bonchev–Trinajstić information content (AvgIpc) is 2.76. The van der Waals surface area contributed by atoms with E-state index in [4.69, 9.17) is 5.11 Å². The van der Waals surface area contributed by atoms with E-state index in [9.17, 15) is 13.6 Å². The number of aromatic nitrogens is 2. The van der Waals surface area contributed by atoms with E-state index in [1.807, 2.05) is 0 Å². The second-order valence-electron chi connectivity index (χ2n) is 3.90. The number of carboxylic acid groups (broad SMARTS) is 1. The molecule has 0 atom stereocenters. The molecule has 0 saturated heterocycles. The molecule has 2 N–H and O–H groups in total. The number of aryl methyl sites for hydroxylation is 1. The van der Waals surface area contributed by atoms with E-state index in [0.717, 1.165) is 6.07 Å². The Hall–Kier alpha value is -2.44. The quantitative estimate of drug-likeness (QED) is 0.889. The molecular formula is C12H11F2N3O2. The van der Waals surface area contributed by atoms with Crippen molar-refractivity contribution in [3.63, 3.8) is 0 Å². The summed E-state index contributed by atoms with van der Waals surface area (Å²) in [5.41, 5.74) is -0.800. The summed E-state index contributed by atoms with van der Waals surface area (Å²) in [6, 6.07) is 2.20. The summed E-state index contributed by atoms with van der Waals surface area (Å²) in [6.07, 6.45) is 3.31. The van der Waals surface area contributed by atoms with Gasteiger partial charge in [-0.05, 0) is 12.1 Å². The Balaban J connectivity index is 2.20. The number of nitrogens with one attached hydrogen (secondary N) is 1. The zero-order valence-corrected chi connectivity index (χ0v) is 10.0. The molecule has 0 saturated carbocycles. The van der Waals surface area contributed by atoms with Crippen LogP contribution in [0.15, 0.2) is 24.5 Å². The van der Waals surface area contributed by atoms with E-state index < -0.39 is 23.2 Å². The molecule has 5 nitrogen and oxygen atoms in total. The maximum atomic E-state index is 13.6. The Bertz CT molecular complexity index is 625. The Morgan fingerprint density at radius 1 is 1.42 bits per heavy atom. The van der Waals surface area contributed by atoms with Crippen molar-refractivity contribution >= 4 is 11.7 Å². The van der Waals surface area contributed by atoms with Crippen LogP contribution in [-0.4, -0.2) is 20.6 Å². The van der Waals surface area contributed by atoms with Crippen molar-refractivity contribution in [1.29, 1.82) is 0 Å². The van der Waals surface area contributed by atoms with Crippen LogP contribution in [0.5, 0.6) is 0 Å². The van der Waals surface area contributed by atoms with E-state index in [2.05, 4.69) is 10.3 Å². The zero-order chi connectivity index (χ0) is 14.0. The fourth-order valence-electron chi connectivity index (χ4n) is 1.59. The van der Waals surface area contributed by atoms with Gasteiger partial charge in [0.2, 0.25) is 0 Å². The van der Waals surface area contributed by atoms with Gasteiger partial charge >= 0.3 is 5.97 Å². The van der Waals surface area contributed by atoms with Gasteiger partial charge in [-0.25, -0.2) is 18.6 Å². The van der Waals surface area contributed by atoms with E-state index in [0.29, 0.717) is 5.82 Å². The lowest BCUT2D eigenvalue weighted by Gasteiger charge is -2.09. The van der Waals surface area contributed by atoms with E-state index in [-0.39, 0.29) is 12.2 Å². The molecule has 2 rings (SSSR count). The van der Waals surface area contributed by atoms with Crippen molar-refractivity contribution in [1.82, 2.24) is 9.55 Å². The number of hydrogen-bond donors (Lipinski definition) is 2. The van der Waals surface area contributed by atoms with Crippen molar-refractivity contribution in [3.05, 3.63) is 47.5 Å². The number of rotatable bonds is 4. The van der Waals surface area contributed by atoms with Crippen molar-refractivity contribution in [3.8, 4) is 0 Å². The Morgan fingerprint density at radius 2 is 2.16 bits per heavy atom. The van der Waals surface area contributed by atoms with Gasteiger partial charge in [-0.2, -0.15) is 0 Å². The number of hydrogen-bond acceptors (Lipinski definition) is 3. The molecule has 1 aromatic carbocycles. The average molecular weight is 267 g/mol. The summed E-state index contributed by atoms with van der Waals surface area (Å²) in [6.45, 7) is 0.201. The van der Waals surface area contributed by atoms with E-state index >= 15 is 0 Å². The largest absolute Gasteiger partial charge is 0.478 e. The first-order valence-corrected chi connectivity index (χ1v) is 5.42. The molecule has 0 aliphatic carbocycles. The molecule has 1 aromatic heterocycles. The zero-order valence-electron chi connectivity index (χ0n) is 10.0. The first kappa shape index (κ1) is 13.0. The number of carbonyl (C=O) groups is 1. The van der Waals surface area contributed by atoms with Crippen LogP contribution in [0.3, 0.4) is 0 Å². The monoisotopic (exact) mass is 267 g/mol. The van der Waals surface area contributed by atoms with Crippen molar-refractivity contribution in [2.45, 2.75) is 6.54 Å². The Kier molecular flexibility index (Phi) is 3.46. The van der Waals surface area contributed by atoms with Gasteiger partial charge in [0, 0.05) is 19.4 Å². The summed E-state index contributed by atoms with van der Waals surface area (Å²) in [7, 11) is 1.77. The van der Waals surface area contributed by atoms with Crippen LogP contribution in [0, 0.1) is 11.6 Å². The van der Waals surface area contributed by atoms with Crippen LogP contribution in [0.25, 0.3) is 0 Å². The SMILES string of the molecule is Cn1ccnc1CNc1ccc(C(=O)O)c(F)c1F. The van der Waals surface area contributed by atoms with E-state index in [1.54, 1.807) is 24.0 Å². The minimum absolute atomic E-state index is 0.106. The molecule has 0 radical (unpaired) electrons. The van der Waals surface area contributed by atoms with Gasteiger partial charge in [0.1, 0.15) is 5.82 Å². The number of halogens is 2. The summed E-state index contributed by atoms with van der Waals surface area (Å²) >= 11 is 0. The predicted octanol–water partition coefficient (Wildman–Crippen LogP) is 2.01. The second-order valence-corrected chi connectivity index (χ2v) is 3.90. The van der Waals surface area contributed by atoms with E-state index in [1.165, 1.54) is 6.07 Å². The van der Waals surface area contributed by atoms with Gasteiger partial charge < -0.3 is 15.0 Å². The van der Waals surface area contributed by atoms with Crippen LogP contribution in [0.4, 0.5) is 14.5 Å². The number of aromatic carboxylic acids is 1. The molecule has 0 amide bonds. The highest BCUT2D eigenvalue weighted by molar-refractivity contribution is 5.88.